The fraction of sp³-hybridized carbons (Fsp3) is 0.211. The highest BCUT2D eigenvalue weighted by Gasteiger charge is 2.16. The Morgan fingerprint density at radius 3 is 2.52 bits per heavy atom. The van der Waals surface area contributed by atoms with Gasteiger partial charge < -0.3 is 25.1 Å². The fourth-order valence-corrected chi connectivity index (χ4v) is 2.52. The van der Waals surface area contributed by atoms with E-state index in [0.717, 1.165) is 10.1 Å². The van der Waals surface area contributed by atoms with E-state index in [4.69, 9.17) is 9.57 Å². The lowest BCUT2D eigenvalue weighted by Gasteiger charge is -2.13. The smallest absolute Gasteiger partial charge is 0.444 e. The van der Waals surface area contributed by atoms with Crippen LogP contribution in [0.1, 0.15) is 18.2 Å². The van der Waals surface area contributed by atoms with Crippen molar-refractivity contribution in [1.29, 1.82) is 0 Å². The van der Waals surface area contributed by atoms with E-state index in [0.29, 0.717) is 16.8 Å². The van der Waals surface area contributed by atoms with Crippen LogP contribution in [0.5, 0.6) is 11.8 Å². The second kappa shape index (κ2) is 8.83. The number of alkyl carbamates (subject to hydrolysis) is 1. The van der Waals surface area contributed by atoms with Crippen LogP contribution >= 0.6 is 0 Å². The maximum Gasteiger partial charge on any atom is 0.444 e. The number of carbonyl (C=O) groups excluding carboxylic acids is 2. The Kier molecular flexibility index (Phi) is 6.03. The van der Waals surface area contributed by atoms with Gasteiger partial charge in [0, 0.05) is 30.8 Å². The lowest BCUT2D eigenvalue weighted by atomic mass is 10.2. The average molecular weight is 400 g/mol. The van der Waals surface area contributed by atoms with Gasteiger partial charge in [0.25, 0.3) is 0 Å². The zero-order valence-corrected chi connectivity index (χ0v) is 15.6. The molecule has 0 aliphatic heterocycles. The van der Waals surface area contributed by atoms with Crippen molar-refractivity contribution < 1.29 is 29.4 Å². The van der Waals surface area contributed by atoms with Gasteiger partial charge in [-0.1, -0.05) is 30.3 Å². The van der Waals surface area contributed by atoms with Gasteiger partial charge in [-0.15, -0.1) is 4.73 Å². The molecule has 0 saturated heterocycles. The number of carbonyl (C=O) groups is 2. The minimum absolute atomic E-state index is 0.166. The Labute approximate surface area is 165 Å². The summed E-state index contributed by atoms with van der Waals surface area (Å²) >= 11 is 0. The van der Waals surface area contributed by atoms with Gasteiger partial charge in [0.2, 0.25) is 11.8 Å². The molecule has 0 spiro atoms. The van der Waals surface area contributed by atoms with Crippen LogP contribution in [0.25, 0.3) is 0 Å². The third-order valence-electron chi connectivity index (χ3n) is 3.91. The minimum atomic E-state index is -0.881. The topological polar surface area (TPSA) is 128 Å². The number of nitrogens with zero attached hydrogens (tertiary/aromatic N) is 3. The molecular formula is C19H20N4O6. The van der Waals surface area contributed by atoms with Crippen LogP contribution in [-0.2, 0) is 17.8 Å². The molecule has 0 bridgehead atoms. The van der Waals surface area contributed by atoms with Crippen molar-refractivity contribution in [1.82, 2.24) is 19.6 Å². The Morgan fingerprint density at radius 1 is 1.14 bits per heavy atom. The van der Waals surface area contributed by atoms with Gasteiger partial charge >= 0.3 is 12.2 Å². The van der Waals surface area contributed by atoms with Crippen LogP contribution < -0.4 is 10.2 Å². The second-order valence-corrected chi connectivity index (χ2v) is 6.28. The van der Waals surface area contributed by atoms with Crippen LogP contribution in [0.4, 0.5) is 9.59 Å². The first-order valence-electron chi connectivity index (χ1n) is 8.75. The molecular weight excluding hydrogens is 380 g/mol. The molecule has 152 valence electrons. The molecule has 3 aromatic rings. The maximum absolute atomic E-state index is 12.1. The zero-order valence-electron chi connectivity index (χ0n) is 15.6. The van der Waals surface area contributed by atoms with Gasteiger partial charge in [-0.3, -0.25) is 0 Å². The van der Waals surface area contributed by atoms with E-state index in [1.807, 2.05) is 30.3 Å². The lowest BCUT2D eigenvalue weighted by Crippen LogP contribution is -2.34. The van der Waals surface area contributed by atoms with E-state index in [2.05, 4.69) is 10.3 Å². The number of aromatic hydroxyl groups is 2. The maximum atomic E-state index is 12.1. The quantitative estimate of drug-likeness (QED) is 0.578. The van der Waals surface area contributed by atoms with E-state index in [-0.39, 0.29) is 12.6 Å². The van der Waals surface area contributed by atoms with Gasteiger partial charge in [0.1, 0.15) is 12.9 Å². The molecule has 1 aromatic carbocycles. The standard InChI is InChI=1S/C19H20N4O6/c1-13(21-18(26)28-11-14-5-3-2-4-6-14)9-15-10-22(12-20-15)19(27)29-23-16(24)7-8-17(23)25/h2-8,10,12-13,24-25H,9,11H2,1H3,(H,21,26)/t13-/m1/s1. The molecule has 3 N–H and O–H groups in total. The number of hydrogen-bond acceptors (Lipinski definition) is 7. The van der Waals surface area contributed by atoms with E-state index in [1.54, 1.807) is 6.92 Å². The molecule has 3 rings (SSSR count). The summed E-state index contributed by atoms with van der Waals surface area (Å²) in [5.74, 6) is -0.856. The number of aromatic nitrogens is 3. The molecule has 0 saturated carbocycles. The second-order valence-electron chi connectivity index (χ2n) is 6.28. The van der Waals surface area contributed by atoms with Crippen molar-refractivity contribution in [2.75, 3.05) is 0 Å². The Morgan fingerprint density at radius 2 is 1.83 bits per heavy atom. The normalized spacial score (nSPS) is 11.6. The third kappa shape index (κ3) is 5.28. The molecule has 0 radical (unpaired) electrons. The van der Waals surface area contributed by atoms with Crippen molar-refractivity contribution in [3.8, 4) is 11.8 Å². The number of nitrogens with one attached hydrogen (secondary N) is 1. The van der Waals surface area contributed by atoms with Crippen LogP contribution in [0, 0.1) is 0 Å². The summed E-state index contributed by atoms with van der Waals surface area (Å²) in [4.78, 5) is 32.9. The monoisotopic (exact) mass is 400 g/mol. The van der Waals surface area contributed by atoms with E-state index in [1.165, 1.54) is 24.7 Å². The van der Waals surface area contributed by atoms with Gasteiger partial charge in [0.05, 0.1) is 5.69 Å². The summed E-state index contributed by atoms with van der Waals surface area (Å²) in [6, 6.07) is 11.4. The zero-order chi connectivity index (χ0) is 20.8. The van der Waals surface area contributed by atoms with Crippen molar-refractivity contribution in [3.05, 3.63) is 66.2 Å². The van der Waals surface area contributed by atoms with E-state index < -0.39 is 23.9 Å². The first kappa shape index (κ1) is 19.8. The molecule has 2 heterocycles. The SMILES string of the molecule is C[C@H](Cc1cn(C(=O)On2c(O)ccc2O)cn1)NC(=O)OCc1ccccc1. The molecule has 0 aliphatic rings. The number of hydrogen-bond donors (Lipinski definition) is 3. The van der Waals surface area contributed by atoms with Crippen LogP contribution in [-0.4, -0.2) is 42.7 Å². The van der Waals surface area contributed by atoms with E-state index >= 15 is 0 Å². The van der Waals surface area contributed by atoms with Gasteiger partial charge in [0.15, 0.2) is 0 Å². The van der Waals surface area contributed by atoms with Crippen molar-refractivity contribution >= 4 is 12.2 Å². The van der Waals surface area contributed by atoms with Gasteiger partial charge in [-0.2, -0.15) is 0 Å². The number of rotatable bonds is 6. The molecule has 1 atom stereocenters. The van der Waals surface area contributed by atoms with Crippen LogP contribution in [0.2, 0.25) is 0 Å². The first-order chi connectivity index (χ1) is 13.9. The number of benzene rings is 1. The lowest BCUT2D eigenvalue weighted by molar-refractivity contribution is 0.109. The summed E-state index contributed by atoms with van der Waals surface area (Å²) in [5, 5.41) is 21.7. The van der Waals surface area contributed by atoms with Gasteiger partial charge in [-0.25, -0.2) is 19.1 Å². The molecule has 2 aromatic heterocycles. The number of amides is 1. The molecule has 10 heteroatoms. The Bertz CT molecular complexity index is 962. The predicted octanol–water partition coefficient (Wildman–Crippen LogP) is 2.05. The average Bonchev–Trinajstić information content (AvgIpc) is 3.29. The number of imidazole rings is 1. The van der Waals surface area contributed by atoms with E-state index in [9.17, 15) is 19.8 Å². The summed E-state index contributed by atoms with van der Waals surface area (Å²) in [7, 11) is 0. The molecule has 29 heavy (non-hydrogen) atoms. The molecule has 0 fully saturated rings. The fourth-order valence-electron chi connectivity index (χ4n) is 2.52. The molecule has 0 aliphatic carbocycles. The Hall–Kier alpha value is -3.95. The summed E-state index contributed by atoms with van der Waals surface area (Å²) < 4.78 is 6.79. The predicted molar refractivity (Wildman–Crippen MR) is 100 cm³/mol. The largest absolute Gasteiger partial charge is 0.492 e. The highest BCUT2D eigenvalue weighted by atomic mass is 16.7. The van der Waals surface area contributed by atoms with Gasteiger partial charge in [-0.05, 0) is 12.5 Å². The highest BCUT2D eigenvalue weighted by Crippen LogP contribution is 2.18. The van der Waals surface area contributed by atoms with Crippen LogP contribution in [0.15, 0.2) is 55.0 Å². The number of ether oxygens (including phenoxy) is 1. The molecule has 1 amide bonds. The van der Waals surface area contributed by atoms with Crippen LogP contribution in [0.3, 0.4) is 0 Å². The first-order valence-corrected chi connectivity index (χ1v) is 8.75. The molecule has 0 unspecified atom stereocenters. The van der Waals surface area contributed by atoms with Crippen molar-refractivity contribution in [2.24, 2.45) is 0 Å². The summed E-state index contributed by atoms with van der Waals surface area (Å²) in [5.41, 5.74) is 1.41. The highest BCUT2D eigenvalue weighted by molar-refractivity contribution is 5.71. The minimum Gasteiger partial charge on any atom is -0.492 e. The van der Waals surface area contributed by atoms with Crippen molar-refractivity contribution in [3.63, 3.8) is 0 Å². The Balaban J connectivity index is 1.48. The summed E-state index contributed by atoms with van der Waals surface area (Å²) in [6.45, 7) is 1.94. The third-order valence-corrected chi connectivity index (χ3v) is 3.91. The molecule has 10 nitrogen and oxygen atoms in total. The summed E-state index contributed by atoms with van der Waals surface area (Å²) in [6.07, 6.45) is 1.57. The van der Waals surface area contributed by atoms with Crippen molar-refractivity contribution in [2.45, 2.75) is 26.0 Å².